The summed E-state index contributed by atoms with van der Waals surface area (Å²) in [5, 5.41) is 10.4. The van der Waals surface area contributed by atoms with Crippen LogP contribution in [0.1, 0.15) is 43.9 Å². The molecule has 1 saturated heterocycles. The molecule has 138 valence electrons. The van der Waals surface area contributed by atoms with Gasteiger partial charge in [-0.3, -0.25) is 0 Å². The number of nitrogens with zero attached hydrogens (tertiary/aromatic N) is 2. The van der Waals surface area contributed by atoms with Crippen molar-refractivity contribution in [2.24, 2.45) is 4.99 Å². The van der Waals surface area contributed by atoms with Crippen LogP contribution in [-0.4, -0.2) is 28.8 Å². The summed E-state index contributed by atoms with van der Waals surface area (Å²) in [6.07, 6.45) is 6.54. The Kier molecular flexibility index (Phi) is 4.85. The summed E-state index contributed by atoms with van der Waals surface area (Å²) in [6.45, 7) is 7.45. The Morgan fingerprint density at radius 3 is 2.65 bits per heavy atom. The van der Waals surface area contributed by atoms with Crippen molar-refractivity contribution in [1.29, 1.82) is 0 Å². The van der Waals surface area contributed by atoms with Crippen LogP contribution >= 0.6 is 11.8 Å². The van der Waals surface area contributed by atoms with Crippen molar-refractivity contribution in [2.45, 2.75) is 51.2 Å². The van der Waals surface area contributed by atoms with Gasteiger partial charge in [0.25, 0.3) is 0 Å². The van der Waals surface area contributed by atoms with Crippen molar-refractivity contribution in [2.75, 3.05) is 6.54 Å². The number of hydrogen-bond donors (Lipinski definition) is 3. The van der Waals surface area contributed by atoms with Gasteiger partial charge in [-0.25, -0.2) is 4.99 Å². The van der Waals surface area contributed by atoms with Crippen molar-refractivity contribution in [3.05, 3.63) is 58.5 Å². The third kappa shape index (κ3) is 3.56. The van der Waals surface area contributed by atoms with E-state index in [9.17, 15) is 0 Å². The molecular weight excluding hydrogens is 342 g/mol. The Bertz CT molecular complexity index is 752. The smallest absolute Gasteiger partial charge is 0.172 e. The van der Waals surface area contributed by atoms with Gasteiger partial charge in [0, 0.05) is 23.8 Å². The average molecular weight is 370 g/mol. The number of aryl methyl sites for hydroxylation is 1. The van der Waals surface area contributed by atoms with Crippen LogP contribution in [-0.2, 0) is 0 Å². The van der Waals surface area contributed by atoms with Gasteiger partial charge in [0.15, 0.2) is 5.50 Å². The highest BCUT2D eigenvalue weighted by atomic mass is 32.2. The van der Waals surface area contributed by atoms with Gasteiger partial charge in [-0.2, -0.15) is 0 Å². The molecule has 3 aliphatic rings. The molecule has 6 heteroatoms. The molecule has 1 fully saturated rings. The zero-order valence-corrected chi connectivity index (χ0v) is 16.4. The molecule has 3 aliphatic heterocycles. The number of benzene rings is 1. The van der Waals surface area contributed by atoms with E-state index in [1.807, 2.05) is 6.20 Å². The van der Waals surface area contributed by atoms with E-state index >= 15 is 0 Å². The van der Waals surface area contributed by atoms with Gasteiger partial charge in [0.2, 0.25) is 0 Å². The number of likely N-dealkylation sites (tertiary alicyclic amines) is 1. The van der Waals surface area contributed by atoms with Crippen molar-refractivity contribution in [3.63, 3.8) is 0 Å². The van der Waals surface area contributed by atoms with Gasteiger partial charge in [-0.1, -0.05) is 41.6 Å². The molecule has 0 saturated carbocycles. The molecule has 0 radical (unpaired) electrons. The van der Waals surface area contributed by atoms with Crippen molar-refractivity contribution >= 4 is 17.6 Å². The van der Waals surface area contributed by atoms with Crippen LogP contribution in [0.2, 0.25) is 0 Å². The third-order valence-electron chi connectivity index (χ3n) is 5.14. The highest BCUT2D eigenvalue weighted by Crippen LogP contribution is 2.34. The van der Waals surface area contributed by atoms with Gasteiger partial charge in [-0.05, 0) is 39.2 Å². The van der Waals surface area contributed by atoms with Crippen LogP contribution in [0.15, 0.2) is 52.4 Å². The largest absolute Gasteiger partial charge is 0.378 e. The summed E-state index contributed by atoms with van der Waals surface area (Å²) in [5.74, 6) is 2.11. The summed E-state index contributed by atoms with van der Waals surface area (Å²) in [7, 11) is 0. The van der Waals surface area contributed by atoms with Crippen LogP contribution in [0.4, 0.5) is 0 Å². The number of allylic oxidation sites excluding steroid dienone is 1. The molecule has 1 aromatic carbocycles. The SMILES string of the molecule is CC1=CNC(/N=C2\NC(N3CCC[C@H]3c3ccc(C)cc3)=CNC2C)S1. The minimum absolute atomic E-state index is 0.0626. The molecule has 0 amide bonds. The van der Waals surface area contributed by atoms with Crippen LogP contribution in [0.3, 0.4) is 0 Å². The molecule has 0 bridgehead atoms. The number of nitrogens with one attached hydrogen (secondary N) is 3. The zero-order chi connectivity index (χ0) is 18.1. The lowest BCUT2D eigenvalue weighted by Gasteiger charge is -2.34. The van der Waals surface area contributed by atoms with E-state index in [2.05, 4.69) is 72.1 Å². The molecule has 0 spiro atoms. The summed E-state index contributed by atoms with van der Waals surface area (Å²) >= 11 is 1.76. The minimum Gasteiger partial charge on any atom is -0.378 e. The number of rotatable bonds is 3. The summed E-state index contributed by atoms with van der Waals surface area (Å²) in [5.41, 5.74) is 2.76. The molecule has 4 rings (SSSR count). The molecule has 0 aliphatic carbocycles. The summed E-state index contributed by atoms with van der Waals surface area (Å²) in [6, 6.07) is 9.55. The maximum atomic E-state index is 4.87. The highest BCUT2D eigenvalue weighted by Gasteiger charge is 2.30. The van der Waals surface area contributed by atoms with Crippen LogP contribution in [0.5, 0.6) is 0 Å². The van der Waals surface area contributed by atoms with E-state index in [0.29, 0.717) is 6.04 Å². The topological polar surface area (TPSA) is 51.7 Å². The fourth-order valence-electron chi connectivity index (χ4n) is 3.67. The Hall–Kier alpha value is -2.08. The Balaban J connectivity index is 1.51. The van der Waals surface area contributed by atoms with Crippen LogP contribution < -0.4 is 16.0 Å². The molecule has 3 N–H and O–H groups in total. The van der Waals surface area contributed by atoms with Gasteiger partial charge in [-0.15, -0.1) is 0 Å². The van der Waals surface area contributed by atoms with Crippen molar-refractivity contribution < 1.29 is 0 Å². The van der Waals surface area contributed by atoms with Crippen LogP contribution in [0.25, 0.3) is 0 Å². The van der Waals surface area contributed by atoms with Crippen molar-refractivity contribution in [1.82, 2.24) is 20.9 Å². The maximum Gasteiger partial charge on any atom is 0.172 e. The number of hydrogen-bond acceptors (Lipinski definition) is 5. The Morgan fingerprint density at radius 2 is 1.92 bits per heavy atom. The van der Waals surface area contributed by atoms with Gasteiger partial charge >= 0.3 is 0 Å². The molecule has 1 aromatic rings. The number of aliphatic imine (C=N–C) groups is 1. The normalized spacial score (nSPS) is 29.7. The third-order valence-corrected chi connectivity index (χ3v) is 6.10. The fraction of sp³-hybridized carbons (Fsp3) is 0.450. The quantitative estimate of drug-likeness (QED) is 0.762. The second kappa shape index (κ2) is 7.27. The lowest BCUT2D eigenvalue weighted by Crippen LogP contribution is -2.49. The first-order valence-electron chi connectivity index (χ1n) is 9.34. The average Bonchev–Trinajstić information content (AvgIpc) is 3.27. The monoisotopic (exact) mass is 369 g/mol. The second-order valence-corrected chi connectivity index (χ2v) is 8.54. The Morgan fingerprint density at radius 1 is 1.12 bits per heavy atom. The fourth-order valence-corrected chi connectivity index (χ4v) is 4.46. The predicted octanol–water partition coefficient (Wildman–Crippen LogP) is 3.39. The highest BCUT2D eigenvalue weighted by molar-refractivity contribution is 8.03. The van der Waals surface area contributed by atoms with E-state index in [4.69, 9.17) is 4.99 Å². The zero-order valence-electron chi connectivity index (χ0n) is 15.6. The molecular formula is C20H27N5S. The van der Waals surface area contributed by atoms with E-state index in [1.165, 1.54) is 28.9 Å². The molecule has 0 aromatic heterocycles. The molecule has 26 heavy (non-hydrogen) atoms. The summed E-state index contributed by atoms with van der Waals surface area (Å²) < 4.78 is 0. The number of thioether (sulfide) groups is 1. The first-order valence-corrected chi connectivity index (χ1v) is 10.2. The lowest BCUT2D eigenvalue weighted by molar-refractivity contribution is 0.307. The van der Waals surface area contributed by atoms with Gasteiger partial charge < -0.3 is 20.9 Å². The maximum absolute atomic E-state index is 4.87. The molecule has 3 atom stereocenters. The molecule has 3 heterocycles. The first kappa shape index (κ1) is 17.3. The van der Waals surface area contributed by atoms with Crippen LogP contribution in [0, 0.1) is 6.92 Å². The molecule has 5 nitrogen and oxygen atoms in total. The second-order valence-electron chi connectivity index (χ2n) is 7.21. The Labute approximate surface area is 160 Å². The van der Waals surface area contributed by atoms with E-state index in [-0.39, 0.29) is 11.5 Å². The lowest BCUT2D eigenvalue weighted by atomic mass is 10.0. The predicted molar refractivity (Wildman–Crippen MR) is 109 cm³/mol. The van der Waals surface area contributed by atoms with Crippen molar-refractivity contribution in [3.8, 4) is 0 Å². The number of amidine groups is 1. The minimum atomic E-state index is 0.0626. The summed E-state index contributed by atoms with van der Waals surface area (Å²) in [4.78, 5) is 8.61. The van der Waals surface area contributed by atoms with E-state index in [1.54, 1.807) is 11.8 Å². The van der Waals surface area contributed by atoms with Gasteiger partial charge in [0.05, 0.1) is 12.1 Å². The van der Waals surface area contributed by atoms with E-state index in [0.717, 1.165) is 18.2 Å². The standard InChI is InChI=1S/C20H27N5S/c1-13-6-8-16(9-7-13)17-5-4-10-25(17)18-12-21-15(3)19(23-18)24-20-22-11-14(2)26-20/h6-9,11-12,15,17,20-22H,4-5,10H2,1-3H3,(H,23,24)/t15?,17-,20?/m0/s1. The van der Waals surface area contributed by atoms with Gasteiger partial charge in [0.1, 0.15) is 11.7 Å². The molecule has 2 unspecified atom stereocenters. The van der Waals surface area contributed by atoms with E-state index < -0.39 is 0 Å². The first-order chi connectivity index (χ1) is 12.6.